The minimum atomic E-state index is -0.108. The highest BCUT2D eigenvalue weighted by molar-refractivity contribution is 5.94. The van der Waals surface area contributed by atoms with Crippen molar-refractivity contribution in [1.29, 1.82) is 0 Å². The van der Waals surface area contributed by atoms with Crippen molar-refractivity contribution in [2.75, 3.05) is 18.4 Å². The third kappa shape index (κ3) is 6.85. The number of carbonyl (C=O) groups is 2. The molecule has 0 spiro atoms. The number of piperidine rings is 1. The minimum Gasteiger partial charge on any atom is -0.491 e. The van der Waals surface area contributed by atoms with Crippen LogP contribution in [0.2, 0.25) is 0 Å². The molecule has 3 aromatic rings. The Bertz CT molecular complexity index is 1130. The lowest BCUT2D eigenvalue weighted by Crippen LogP contribution is -2.41. The molecule has 1 aliphatic rings. The normalized spacial score (nSPS) is 15.5. The van der Waals surface area contributed by atoms with Gasteiger partial charge in [0, 0.05) is 36.8 Å². The fraction of sp³-hybridized carbons (Fsp3) is 0.310. The molecule has 1 atom stereocenters. The summed E-state index contributed by atoms with van der Waals surface area (Å²) in [5.41, 5.74) is 3.52. The summed E-state index contributed by atoms with van der Waals surface area (Å²) in [5, 5.41) is 5.98. The smallest absolute Gasteiger partial charge is 0.321 e. The van der Waals surface area contributed by atoms with E-state index in [9.17, 15) is 9.59 Å². The lowest BCUT2D eigenvalue weighted by Gasteiger charge is -2.33. The van der Waals surface area contributed by atoms with Crippen LogP contribution >= 0.6 is 0 Å². The monoisotopic (exact) mass is 471 g/mol. The van der Waals surface area contributed by atoms with E-state index in [2.05, 4.69) is 10.6 Å². The number of anilines is 1. The van der Waals surface area contributed by atoms with E-state index in [0.717, 1.165) is 42.0 Å². The molecule has 0 aliphatic carbocycles. The number of para-hydroxylation sites is 1. The van der Waals surface area contributed by atoms with Crippen LogP contribution in [0.15, 0.2) is 78.9 Å². The van der Waals surface area contributed by atoms with E-state index < -0.39 is 0 Å². The highest BCUT2D eigenvalue weighted by Gasteiger charge is 2.25. The van der Waals surface area contributed by atoms with Gasteiger partial charge in [-0.1, -0.05) is 42.5 Å². The lowest BCUT2D eigenvalue weighted by atomic mass is 9.89. The van der Waals surface area contributed by atoms with Gasteiger partial charge in [-0.15, -0.1) is 0 Å². The highest BCUT2D eigenvalue weighted by Crippen LogP contribution is 2.28. The van der Waals surface area contributed by atoms with Gasteiger partial charge < -0.3 is 20.3 Å². The topological polar surface area (TPSA) is 70.7 Å². The quantitative estimate of drug-likeness (QED) is 0.456. The summed E-state index contributed by atoms with van der Waals surface area (Å²) in [6.07, 6.45) is 2.05. The van der Waals surface area contributed by atoms with Gasteiger partial charge in [-0.2, -0.15) is 0 Å². The van der Waals surface area contributed by atoms with Crippen molar-refractivity contribution in [3.05, 3.63) is 95.6 Å². The predicted octanol–water partition coefficient (Wildman–Crippen LogP) is 5.82. The largest absolute Gasteiger partial charge is 0.491 e. The zero-order valence-corrected chi connectivity index (χ0v) is 20.4. The summed E-state index contributed by atoms with van der Waals surface area (Å²) in [6.45, 7) is 5.80. The van der Waals surface area contributed by atoms with Crippen LogP contribution in [0.4, 0.5) is 10.5 Å². The molecule has 0 aromatic heterocycles. The molecule has 1 heterocycles. The summed E-state index contributed by atoms with van der Waals surface area (Å²) in [5.74, 6) is 0.914. The summed E-state index contributed by atoms with van der Waals surface area (Å²) in [4.78, 5) is 27.4. The molecule has 0 bridgehead atoms. The first-order valence-electron chi connectivity index (χ1n) is 12.2. The Morgan fingerprint density at radius 3 is 2.51 bits per heavy atom. The molecule has 2 N–H and O–H groups in total. The third-order valence-corrected chi connectivity index (χ3v) is 6.10. The average Bonchev–Trinajstić information content (AvgIpc) is 2.88. The summed E-state index contributed by atoms with van der Waals surface area (Å²) in [7, 11) is 0. The Balaban J connectivity index is 1.34. The van der Waals surface area contributed by atoms with Crippen LogP contribution in [0.3, 0.4) is 0 Å². The van der Waals surface area contributed by atoms with Crippen molar-refractivity contribution in [2.24, 2.45) is 0 Å². The van der Waals surface area contributed by atoms with E-state index in [-0.39, 0.29) is 24.0 Å². The molecule has 4 rings (SSSR count). The summed E-state index contributed by atoms with van der Waals surface area (Å²) < 4.78 is 5.67. The van der Waals surface area contributed by atoms with Crippen molar-refractivity contribution >= 4 is 17.6 Å². The van der Waals surface area contributed by atoms with E-state index in [1.807, 2.05) is 97.6 Å². The number of hydrogen-bond acceptors (Lipinski definition) is 3. The number of ether oxygens (including phenoxy) is 1. The van der Waals surface area contributed by atoms with Crippen LogP contribution in [-0.4, -0.2) is 36.0 Å². The number of carbonyl (C=O) groups excluding carboxylic acids is 2. The van der Waals surface area contributed by atoms with Gasteiger partial charge in [-0.25, -0.2) is 4.79 Å². The number of amides is 3. The van der Waals surface area contributed by atoms with E-state index in [4.69, 9.17) is 4.74 Å². The Labute approximate surface area is 207 Å². The van der Waals surface area contributed by atoms with Crippen LogP contribution < -0.4 is 15.4 Å². The van der Waals surface area contributed by atoms with Gasteiger partial charge in [0.1, 0.15) is 5.75 Å². The van der Waals surface area contributed by atoms with Crippen LogP contribution in [0.1, 0.15) is 54.1 Å². The first kappa shape index (κ1) is 24.3. The molecule has 3 aromatic carbocycles. The maximum Gasteiger partial charge on any atom is 0.321 e. The van der Waals surface area contributed by atoms with Gasteiger partial charge in [0.25, 0.3) is 5.91 Å². The van der Waals surface area contributed by atoms with Crippen LogP contribution in [-0.2, 0) is 6.54 Å². The number of hydrogen-bond donors (Lipinski definition) is 2. The van der Waals surface area contributed by atoms with Gasteiger partial charge in [0.15, 0.2) is 0 Å². The minimum absolute atomic E-state index is 0.0837. The number of likely N-dealkylation sites (tertiary alicyclic amines) is 1. The lowest BCUT2D eigenvalue weighted by molar-refractivity contribution is 0.0950. The second-order valence-corrected chi connectivity index (χ2v) is 9.20. The first-order valence-corrected chi connectivity index (χ1v) is 12.2. The molecule has 0 radical (unpaired) electrons. The number of urea groups is 1. The summed E-state index contributed by atoms with van der Waals surface area (Å²) in [6, 6.07) is 25.0. The maximum absolute atomic E-state index is 12.8. The van der Waals surface area contributed by atoms with Crippen molar-refractivity contribution in [2.45, 2.75) is 45.3 Å². The Morgan fingerprint density at radius 2 is 1.77 bits per heavy atom. The number of benzene rings is 3. The van der Waals surface area contributed by atoms with Gasteiger partial charge in [-0.3, -0.25) is 4.79 Å². The van der Waals surface area contributed by atoms with E-state index in [1.165, 1.54) is 0 Å². The molecule has 6 nitrogen and oxygen atoms in total. The zero-order chi connectivity index (χ0) is 24.6. The average molecular weight is 472 g/mol. The standard InChI is InChI=1S/C29H33N3O3/c1-21(2)35-27-15-13-22(14-16-27)19-30-28(33)24-9-6-8-23(18-24)25-10-7-17-32(20-25)29(34)31-26-11-4-3-5-12-26/h3-6,8-9,11-16,18,21,25H,7,10,17,19-20H2,1-2H3,(H,30,33)(H,31,34)/t25-/m1/s1. The Kier molecular flexibility index (Phi) is 8.03. The number of rotatable bonds is 7. The molecule has 6 heteroatoms. The Hall–Kier alpha value is -3.80. The summed E-state index contributed by atoms with van der Waals surface area (Å²) >= 11 is 0. The molecule has 35 heavy (non-hydrogen) atoms. The first-order chi connectivity index (χ1) is 17.0. The van der Waals surface area contributed by atoms with Crippen LogP contribution in [0.5, 0.6) is 5.75 Å². The molecular formula is C29H33N3O3. The van der Waals surface area contributed by atoms with Crippen molar-refractivity contribution in [1.82, 2.24) is 10.2 Å². The third-order valence-electron chi connectivity index (χ3n) is 6.10. The van der Waals surface area contributed by atoms with E-state index in [1.54, 1.807) is 0 Å². The molecule has 0 unspecified atom stereocenters. The number of nitrogens with zero attached hydrogens (tertiary/aromatic N) is 1. The van der Waals surface area contributed by atoms with Crippen molar-refractivity contribution in [3.8, 4) is 5.75 Å². The molecule has 1 fully saturated rings. The van der Waals surface area contributed by atoms with Gasteiger partial charge in [0.2, 0.25) is 0 Å². The molecule has 182 valence electrons. The number of nitrogens with one attached hydrogen (secondary N) is 2. The van der Waals surface area contributed by atoms with Crippen molar-refractivity contribution in [3.63, 3.8) is 0 Å². The van der Waals surface area contributed by atoms with Gasteiger partial charge >= 0.3 is 6.03 Å². The van der Waals surface area contributed by atoms with E-state index >= 15 is 0 Å². The molecule has 1 aliphatic heterocycles. The van der Waals surface area contributed by atoms with Gasteiger partial charge in [0.05, 0.1) is 6.10 Å². The maximum atomic E-state index is 12.8. The fourth-order valence-electron chi connectivity index (χ4n) is 4.33. The molecular weight excluding hydrogens is 438 g/mol. The fourth-order valence-corrected chi connectivity index (χ4v) is 4.33. The second-order valence-electron chi connectivity index (χ2n) is 9.20. The molecule has 3 amide bonds. The molecule has 1 saturated heterocycles. The van der Waals surface area contributed by atoms with Crippen molar-refractivity contribution < 1.29 is 14.3 Å². The second kappa shape index (κ2) is 11.6. The molecule has 0 saturated carbocycles. The highest BCUT2D eigenvalue weighted by atomic mass is 16.5. The van der Waals surface area contributed by atoms with E-state index in [0.29, 0.717) is 18.7 Å². The SMILES string of the molecule is CC(C)Oc1ccc(CNC(=O)c2cccc([C@@H]3CCCN(C(=O)Nc4ccccc4)C3)c2)cc1. The van der Waals surface area contributed by atoms with Crippen LogP contribution in [0, 0.1) is 0 Å². The van der Waals surface area contributed by atoms with Gasteiger partial charge in [-0.05, 0) is 74.2 Å². The predicted molar refractivity (Wildman–Crippen MR) is 139 cm³/mol. The zero-order valence-electron chi connectivity index (χ0n) is 20.4. The van der Waals surface area contributed by atoms with Crippen LogP contribution in [0.25, 0.3) is 0 Å². The Morgan fingerprint density at radius 1 is 1.00 bits per heavy atom.